The molecule has 0 saturated carbocycles. The summed E-state index contributed by atoms with van der Waals surface area (Å²) < 4.78 is 5.55. The first-order chi connectivity index (χ1) is 10.1. The fraction of sp³-hybridized carbons (Fsp3) is 0.471. The third-order valence-corrected chi connectivity index (χ3v) is 4.10. The molecule has 2 aromatic rings. The summed E-state index contributed by atoms with van der Waals surface area (Å²) in [5, 5.41) is 4.61. The van der Waals surface area contributed by atoms with Crippen molar-refractivity contribution in [1.29, 1.82) is 0 Å². The molecule has 1 saturated heterocycles. The Kier molecular flexibility index (Phi) is 4.08. The van der Waals surface area contributed by atoms with Gasteiger partial charge in [-0.15, -0.1) is 0 Å². The van der Waals surface area contributed by atoms with E-state index in [4.69, 9.17) is 4.74 Å². The lowest BCUT2D eigenvalue weighted by molar-refractivity contribution is -0.0487. The number of hydrogen-bond donors (Lipinski definition) is 1. The summed E-state index contributed by atoms with van der Waals surface area (Å²) in [6.07, 6.45) is 0. The Labute approximate surface area is 126 Å². The van der Waals surface area contributed by atoms with E-state index < -0.39 is 0 Å². The Morgan fingerprint density at radius 2 is 2.10 bits per heavy atom. The number of morpholine rings is 1. The Bertz CT molecular complexity index is 612. The van der Waals surface area contributed by atoms with E-state index in [9.17, 15) is 0 Å². The second kappa shape index (κ2) is 6.00. The number of anilines is 1. The monoisotopic (exact) mass is 285 g/mol. The quantitative estimate of drug-likeness (QED) is 0.937. The maximum atomic E-state index is 5.55. The van der Waals surface area contributed by atoms with E-state index in [0.717, 1.165) is 44.2 Å². The van der Waals surface area contributed by atoms with Crippen LogP contribution in [0.4, 0.5) is 5.82 Å². The highest BCUT2D eigenvalue weighted by atomic mass is 16.5. The van der Waals surface area contributed by atoms with Crippen LogP contribution < -0.4 is 5.32 Å². The highest BCUT2D eigenvalue weighted by Crippen LogP contribution is 2.18. The van der Waals surface area contributed by atoms with Gasteiger partial charge in [0.2, 0.25) is 0 Å². The topological polar surface area (TPSA) is 37.4 Å². The summed E-state index contributed by atoms with van der Waals surface area (Å²) in [5.74, 6) is 0.944. The molecule has 2 heterocycles. The molecule has 4 heteroatoms. The second-order valence-corrected chi connectivity index (χ2v) is 6.17. The van der Waals surface area contributed by atoms with E-state index in [2.05, 4.69) is 41.2 Å². The second-order valence-electron chi connectivity index (χ2n) is 6.17. The zero-order chi connectivity index (χ0) is 14.7. The molecule has 112 valence electrons. The minimum Gasteiger partial charge on any atom is -0.378 e. The SMILES string of the molecule is CC1(C)COCCN1CCNc1ccc2ccccc2n1. The molecule has 3 rings (SSSR count). The fourth-order valence-corrected chi connectivity index (χ4v) is 2.79. The van der Waals surface area contributed by atoms with Crippen molar-refractivity contribution in [1.82, 2.24) is 9.88 Å². The van der Waals surface area contributed by atoms with Crippen LogP contribution in [0.2, 0.25) is 0 Å². The summed E-state index contributed by atoms with van der Waals surface area (Å²) in [6, 6.07) is 12.4. The first-order valence-corrected chi connectivity index (χ1v) is 7.58. The maximum absolute atomic E-state index is 5.55. The number of aromatic nitrogens is 1. The number of pyridine rings is 1. The molecule has 1 aromatic carbocycles. The molecular formula is C17H23N3O. The summed E-state index contributed by atoms with van der Waals surface area (Å²) in [4.78, 5) is 7.12. The Hall–Kier alpha value is -1.65. The zero-order valence-corrected chi connectivity index (χ0v) is 12.8. The minimum atomic E-state index is 0.122. The molecule has 0 amide bonds. The number of hydrogen-bond acceptors (Lipinski definition) is 4. The van der Waals surface area contributed by atoms with Gasteiger partial charge in [-0.1, -0.05) is 18.2 Å². The van der Waals surface area contributed by atoms with Crippen molar-refractivity contribution in [2.45, 2.75) is 19.4 Å². The van der Waals surface area contributed by atoms with Gasteiger partial charge in [-0.25, -0.2) is 4.98 Å². The average molecular weight is 285 g/mol. The average Bonchev–Trinajstić information content (AvgIpc) is 2.49. The molecule has 0 atom stereocenters. The molecule has 0 spiro atoms. The lowest BCUT2D eigenvalue weighted by Crippen LogP contribution is -2.54. The number of benzene rings is 1. The summed E-state index contributed by atoms with van der Waals surface area (Å²) in [6.45, 7) is 9.01. The van der Waals surface area contributed by atoms with Gasteiger partial charge in [-0.05, 0) is 32.0 Å². The van der Waals surface area contributed by atoms with Crippen molar-refractivity contribution in [2.75, 3.05) is 38.2 Å². The Morgan fingerprint density at radius 3 is 2.95 bits per heavy atom. The first-order valence-electron chi connectivity index (χ1n) is 7.58. The van der Waals surface area contributed by atoms with Crippen LogP contribution in [0.25, 0.3) is 10.9 Å². The van der Waals surface area contributed by atoms with Gasteiger partial charge in [0.05, 0.1) is 18.7 Å². The molecular weight excluding hydrogens is 262 g/mol. The largest absolute Gasteiger partial charge is 0.378 e. The van der Waals surface area contributed by atoms with Crippen molar-refractivity contribution in [2.24, 2.45) is 0 Å². The summed E-state index contributed by atoms with van der Waals surface area (Å²) >= 11 is 0. The van der Waals surface area contributed by atoms with Crippen molar-refractivity contribution < 1.29 is 4.74 Å². The van der Waals surface area contributed by atoms with Gasteiger partial charge >= 0.3 is 0 Å². The van der Waals surface area contributed by atoms with Crippen LogP contribution in [0.5, 0.6) is 0 Å². The number of fused-ring (bicyclic) bond motifs is 1. The normalized spacial score (nSPS) is 18.8. The van der Waals surface area contributed by atoms with Crippen molar-refractivity contribution >= 4 is 16.7 Å². The van der Waals surface area contributed by atoms with E-state index in [0.29, 0.717) is 0 Å². The number of nitrogens with one attached hydrogen (secondary N) is 1. The van der Waals surface area contributed by atoms with Crippen LogP contribution >= 0.6 is 0 Å². The Balaban J connectivity index is 1.59. The molecule has 4 nitrogen and oxygen atoms in total. The lowest BCUT2D eigenvalue weighted by atomic mass is 10.0. The van der Waals surface area contributed by atoms with E-state index in [1.807, 2.05) is 24.3 Å². The van der Waals surface area contributed by atoms with Gasteiger partial charge < -0.3 is 10.1 Å². The smallest absolute Gasteiger partial charge is 0.126 e. The fourth-order valence-electron chi connectivity index (χ4n) is 2.79. The van der Waals surface area contributed by atoms with Gasteiger partial charge in [0, 0.05) is 30.6 Å². The third kappa shape index (κ3) is 3.34. The van der Waals surface area contributed by atoms with E-state index in [-0.39, 0.29) is 5.54 Å². The van der Waals surface area contributed by atoms with Crippen molar-refractivity contribution in [3.8, 4) is 0 Å². The molecule has 21 heavy (non-hydrogen) atoms. The number of nitrogens with zero attached hydrogens (tertiary/aromatic N) is 2. The summed E-state index contributed by atoms with van der Waals surface area (Å²) in [5.41, 5.74) is 1.16. The molecule has 1 aliphatic heterocycles. The van der Waals surface area contributed by atoms with Gasteiger partial charge in [0.25, 0.3) is 0 Å². The number of para-hydroxylation sites is 1. The third-order valence-electron chi connectivity index (χ3n) is 4.10. The van der Waals surface area contributed by atoms with E-state index in [1.54, 1.807) is 0 Å². The molecule has 1 aliphatic rings. The predicted octanol–water partition coefficient (Wildman–Crippen LogP) is 2.76. The van der Waals surface area contributed by atoms with E-state index in [1.165, 1.54) is 5.39 Å². The van der Waals surface area contributed by atoms with Gasteiger partial charge in [0.1, 0.15) is 5.82 Å². The van der Waals surface area contributed by atoms with Crippen LogP contribution in [-0.2, 0) is 4.74 Å². The van der Waals surface area contributed by atoms with Crippen LogP contribution in [0.15, 0.2) is 36.4 Å². The van der Waals surface area contributed by atoms with Crippen LogP contribution in [0.3, 0.4) is 0 Å². The van der Waals surface area contributed by atoms with Crippen molar-refractivity contribution in [3.63, 3.8) is 0 Å². The predicted molar refractivity (Wildman–Crippen MR) is 86.7 cm³/mol. The first kappa shape index (κ1) is 14.3. The molecule has 1 aromatic heterocycles. The van der Waals surface area contributed by atoms with Crippen molar-refractivity contribution in [3.05, 3.63) is 36.4 Å². The van der Waals surface area contributed by atoms with Crippen LogP contribution in [-0.4, -0.2) is 48.3 Å². The van der Waals surface area contributed by atoms with E-state index >= 15 is 0 Å². The van der Waals surface area contributed by atoms with Gasteiger partial charge in [-0.3, -0.25) is 4.90 Å². The highest BCUT2D eigenvalue weighted by Gasteiger charge is 2.29. The molecule has 0 bridgehead atoms. The maximum Gasteiger partial charge on any atom is 0.126 e. The number of ether oxygens (including phenoxy) is 1. The summed E-state index contributed by atoms with van der Waals surface area (Å²) in [7, 11) is 0. The molecule has 0 aliphatic carbocycles. The van der Waals surface area contributed by atoms with Crippen LogP contribution in [0.1, 0.15) is 13.8 Å². The van der Waals surface area contributed by atoms with Gasteiger partial charge in [-0.2, -0.15) is 0 Å². The lowest BCUT2D eigenvalue weighted by Gasteiger charge is -2.42. The number of rotatable bonds is 4. The Morgan fingerprint density at radius 1 is 1.24 bits per heavy atom. The molecule has 0 unspecified atom stereocenters. The molecule has 0 radical (unpaired) electrons. The zero-order valence-electron chi connectivity index (χ0n) is 12.8. The molecule has 1 N–H and O–H groups in total. The standard InChI is InChI=1S/C17H23N3O/c1-17(2)13-21-12-11-20(17)10-9-18-16-8-7-14-5-3-4-6-15(14)19-16/h3-8H,9-13H2,1-2H3,(H,18,19). The van der Waals surface area contributed by atoms with Gasteiger partial charge in [0.15, 0.2) is 0 Å². The minimum absolute atomic E-state index is 0.122. The van der Waals surface area contributed by atoms with Crippen LogP contribution in [0, 0.1) is 0 Å². The molecule has 1 fully saturated rings. The highest BCUT2D eigenvalue weighted by molar-refractivity contribution is 5.79.